The van der Waals surface area contributed by atoms with Gasteiger partial charge in [-0.05, 0) is 31.2 Å². The number of aryl methyl sites for hydroxylation is 1. The first-order valence-corrected chi connectivity index (χ1v) is 9.48. The summed E-state index contributed by atoms with van der Waals surface area (Å²) in [5.41, 5.74) is 0.936. The highest BCUT2D eigenvalue weighted by atomic mass is 32.2. The number of para-hydroxylation sites is 1. The Labute approximate surface area is 149 Å². The fraction of sp³-hybridized carbons (Fsp3) is 0.118. The third-order valence-corrected chi connectivity index (χ3v) is 4.80. The van der Waals surface area contributed by atoms with Gasteiger partial charge in [-0.25, -0.2) is 13.1 Å². The van der Waals surface area contributed by atoms with Crippen molar-refractivity contribution in [2.75, 3.05) is 6.26 Å². The van der Waals surface area contributed by atoms with Gasteiger partial charge in [0.1, 0.15) is 11.4 Å². The Morgan fingerprint density at radius 3 is 2.38 bits per heavy atom. The van der Waals surface area contributed by atoms with Gasteiger partial charge in [0.2, 0.25) is 0 Å². The monoisotopic (exact) mass is 372 g/mol. The van der Waals surface area contributed by atoms with Crippen LogP contribution in [0.1, 0.15) is 5.69 Å². The Balaban J connectivity index is 1.98. The van der Waals surface area contributed by atoms with Gasteiger partial charge in [0.25, 0.3) is 5.56 Å². The quantitative estimate of drug-likeness (QED) is 0.685. The lowest BCUT2D eigenvalue weighted by atomic mass is 10.3. The van der Waals surface area contributed by atoms with E-state index in [0.717, 1.165) is 12.3 Å². The average Bonchev–Trinajstić information content (AvgIpc) is 2.88. The molecule has 1 heterocycles. The van der Waals surface area contributed by atoms with Crippen LogP contribution in [-0.2, 0) is 9.84 Å². The number of hydrogen-bond acceptors (Lipinski definition) is 6. The zero-order valence-electron chi connectivity index (χ0n) is 14.0. The van der Waals surface area contributed by atoms with Crippen LogP contribution in [0.15, 0.2) is 68.4 Å². The van der Waals surface area contributed by atoms with Gasteiger partial charge in [-0.3, -0.25) is 9.89 Å². The molecule has 26 heavy (non-hydrogen) atoms. The van der Waals surface area contributed by atoms with Gasteiger partial charge in [-0.15, -0.1) is 10.2 Å². The van der Waals surface area contributed by atoms with Crippen LogP contribution in [-0.4, -0.2) is 29.6 Å². The standard InChI is InChI=1S/C17H16N4O4S/c1-11-16(17(23)21(20-11)12-6-4-3-5-7-12)19-18-14-9-8-13(10-15(14)22)26(2,24)25/h3-10,20,22H,1-2H3. The Bertz CT molecular complexity index is 1150. The molecule has 0 unspecified atom stereocenters. The summed E-state index contributed by atoms with van der Waals surface area (Å²) in [5, 5.41) is 20.7. The van der Waals surface area contributed by atoms with Crippen molar-refractivity contribution in [1.82, 2.24) is 9.78 Å². The zero-order chi connectivity index (χ0) is 18.9. The van der Waals surface area contributed by atoms with Gasteiger partial charge in [0, 0.05) is 12.3 Å². The zero-order valence-corrected chi connectivity index (χ0v) is 14.9. The summed E-state index contributed by atoms with van der Waals surface area (Å²) < 4.78 is 24.3. The predicted molar refractivity (Wildman–Crippen MR) is 96.5 cm³/mol. The van der Waals surface area contributed by atoms with Crippen LogP contribution in [0.2, 0.25) is 0 Å². The lowest BCUT2D eigenvalue weighted by molar-refractivity contribution is 0.474. The van der Waals surface area contributed by atoms with Crippen molar-refractivity contribution >= 4 is 21.2 Å². The summed E-state index contributed by atoms with van der Waals surface area (Å²) in [4.78, 5) is 12.5. The van der Waals surface area contributed by atoms with Crippen molar-refractivity contribution in [3.05, 3.63) is 64.6 Å². The lowest BCUT2D eigenvalue weighted by Crippen LogP contribution is -2.13. The summed E-state index contributed by atoms with van der Waals surface area (Å²) >= 11 is 0. The molecule has 3 aromatic rings. The minimum absolute atomic E-state index is 0.0294. The minimum Gasteiger partial charge on any atom is -0.506 e. The summed E-state index contributed by atoms with van der Waals surface area (Å²) in [6.07, 6.45) is 1.04. The number of phenolic OH excluding ortho intramolecular Hbond substituents is 1. The van der Waals surface area contributed by atoms with Crippen molar-refractivity contribution in [2.45, 2.75) is 11.8 Å². The largest absolute Gasteiger partial charge is 0.506 e. The number of aromatic hydroxyl groups is 1. The van der Waals surface area contributed by atoms with Crippen LogP contribution >= 0.6 is 0 Å². The number of H-pyrrole nitrogens is 1. The Hall–Kier alpha value is -3.20. The molecule has 8 nitrogen and oxygen atoms in total. The molecule has 0 saturated heterocycles. The van der Waals surface area contributed by atoms with Crippen LogP contribution in [0.5, 0.6) is 5.75 Å². The van der Waals surface area contributed by atoms with Crippen molar-refractivity contribution in [3.8, 4) is 11.4 Å². The van der Waals surface area contributed by atoms with Crippen LogP contribution in [0.25, 0.3) is 5.69 Å². The third-order valence-electron chi connectivity index (χ3n) is 3.69. The van der Waals surface area contributed by atoms with Gasteiger partial charge in [0.05, 0.1) is 16.3 Å². The number of phenols is 1. The molecule has 0 saturated carbocycles. The van der Waals surface area contributed by atoms with Crippen LogP contribution in [0.3, 0.4) is 0 Å². The van der Waals surface area contributed by atoms with Crippen molar-refractivity contribution in [2.24, 2.45) is 10.2 Å². The number of rotatable bonds is 4. The molecule has 0 aliphatic carbocycles. The summed E-state index contributed by atoms with van der Waals surface area (Å²) in [5.74, 6) is -0.340. The Kier molecular flexibility index (Phi) is 4.47. The molecule has 9 heteroatoms. The fourth-order valence-corrected chi connectivity index (χ4v) is 2.98. The maximum Gasteiger partial charge on any atom is 0.299 e. The van der Waals surface area contributed by atoms with E-state index in [1.54, 1.807) is 31.2 Å². The van der Waals surface area contributed by atoms with Crippen LogP contribution < -0.4 is 5.56 Å². The molecule has 2 aromatic carbocycles. The van der Waals surface area contributed by atoms with Gasteiger partial charge < -0.3 is 5.11 Å². The number of aromatic nitrogens is 2. The number of nitrogens with one attached hydrogen (secondary N) is 1. The minimum atomic E-state index is -3.44. The maximum absolute atomic E-state index is 12.5. The van der Waals surface area contributed by atoms with E-state index in [2.05, 4.69) is 15.3 Å². The molecule has 0 atom stereocenters. The third kappa shape index (κ3) is 3.42. The predicted octanol–water partition coefficient (Wildman–Crippen LogP) is 3.00. The normalized spacial score (nSPS) is 11.9. The van der Waals surface area contributed by atoms with Crippen molar-refractivity contribution in [1.29, 1.82) is 0 Å². The molecule has 0 bridgehead atoms. The summed E-state index contributed by atoms with van der Waals surface area (Å²) in [6, 6.07) is 12.7. The van der Waals surface area contributed by atoms with E-state index in [1.165, 1.54) is 16.8 Å². The average molecular weight is 372 g/mol. The molecule has 0 amide bonds. The lowest BCUT2D eigenvalue weighted by Gasteiger charge is -2.01. The Morgan fingerprint density at radius 2 is 1.77 bits per heavy atom. The number of sulfone groups is 1. The number of benzene rings is 2. The molecule has 1 aromatic heterocycles. The molecule has 0 radical (unpaired) electrons. The molecule has 134 valence electrons. The summed E-state index contributed by atoms with van der Waals surface area (Å²) in [6.45, 7) is 1.68. The van der Waals surface area contributed by atoms with E-state index in [1.807, 2.05) is 6.07 Å². The van der Waals surface area contributed by atoms with Gasteiger partial charge in [-0.1, -0.05) is 18.2 Å². The molecule has 0 aliphatic heterocycles. The van der Waals surface area contributed by atoms with E-state index in [9.17, 15) is 18.3 Å². The first kappa shape index (κ1) is 17.6. The molecular weight excluding hydrogens is 356 g/mol. The van der Waals surface area contributed by atoms with E-state index in [-0.39, 0.29) is 27.6 Å². The Morgan fingerprint density at radius 1 is 1.08 bits per heavy atom. The van der Waals surface area contributed by atoms with Crippen LogP contribution in [0.4, 0.5) is 11.4 Å². The smallest absolute Gasteiger partial charge is 0.299 e. The molecule has 3 rings (SSSR count). The molecule has 0 spiro atoms. The molecule has 2 N–H and O–H groups in total. The van der Waals surface area contributed by atoms with Crippen molar-refractivity contribution in [3.63, 3.8) is 0 Å². The number of aromatic amines is 1. The molecular formula is C17H16N4O4S. The number of hydrogen-bond donors (Lipinski definition) is 2. The van der Waals surface area contributed by atoms with E-state index >= 15 is 0 Å². The van der Waals surface area contributed by atoms with Gasteiger partial charge in [0.15, 0.2) is 15.5 Å². The molecule has 0 aliphatic rings. The fourth-order valence-electron chi connectivity index (χ4n) is 2.34. The second kappa shape index (κ2) is 6.60. The summed E-state index contributed by atoms with van der Waals surface area (Å²) in [7, 11) is -3.44. The maximum atomic E-state index is 12.5. The highest BCUT2D eigenvalue weighted by Crippen LogP contribution is 2.30. The van der Waals surface area contributed by atoms with Gasteiger partial charge >= 0.3 is 0 Å². The van der Waals surface area contributed by atoms with Gasteiger partial charge in [-0.2, -0.15) is 0 Å². The second-order valence-corrected chi connectivity index (χ2v) is 7.70. The molecule has 0 fully saturated rings. The first-order chi connectivity index (χ1) is 12.3. The highest BCUT2D eigenvalue weighted by Gasteiger charge is 2.13. The number of nitrogens with zero attached hydrogens (tertiary/aromatic N) is 3. The first-order valence-electron chi connectivity index (χ1n) is 7.59. The van der Waals surface area contributed by atoms with E-state index in [0.29, 0.717) is 11.4 Å². The number of azo groups is 1. The van der Waals surface area contributed by atoms with E-state index in [4.69, 9.17) is 0 Å². The highest BCUT2D eigenvalue weighted by molar-refractivity contribution is 7.90. The van der Waals surface area contributed by atoms with Crippen molar-refractivity contribution < 1.29 is 13.5 Å². The second-order valence-electron chi connectivity index (χ2n) is 5.68. The van der Waals surface area contributed by atoms with E-state index < -0.39 is 9.84 Å². The topological polar surface area (TPSA) is 117 Å². The van der Waals surface area contributed by atoms with Crippen LogP contribution in [0, 0.1) is 6.92 Å². The SMILES string of the molecule is Cc1[nH]n(-c2ccccc2)c(=O)c1N=Nc1ccc(S(C)(=O)=O)cc1O.